The molecule has 0 saturated carbocycles. The second-order valence-corrected chi connectivity index (χ2v) is 3.25. The zero-order chi connectivity index (χ0) is 13.8. The maximum atomic E-state index is 9.08. The summed E-state index contributed by atoms with van der Waals surface area (Å²) in [7, 11) is 1.00. The van der Waals surface area contributed by atoms with Gasteiger partial charge in [-0.15, -0.1) is 0 Å². The van der Waals surface area contributed by atoms with Gasteiger partial charge in [-0.25, -0.2) is 0 Å². The Bertz CT molecular complexity index is 389. The van der Waals surface area contributed by atoms with Crippen molar-refractivity contribution in [2.24, 2.45) is 0 Å². The smallest absolute Gasteiger partial charge is 0.126 e. The van der Waals surface area contributed by atoms with E-state index in [9.17, 15) is 0 Å². The molecular formula is C15H20O3. The molecule has 1 aromatic carbocycles. The van der Waals surface area contributed by atoms with Crippen LogP contribution < -0.4 is 4.74 Å². The van der Waals surface area contributed by atoms with Gasteiger partial charge in [-0.05, 0) is 42.3 Å². The molecule has 98 valence electrons. The number of ether oxygens (including phenoxy) is 1. The van der Waals surface area contributed by atoms with Gasteiger partial charge in [0.25, 0.3) is 0 Å². The van der Waals surface area contributed by atoms with Gasteiger partial charge in [0.2, 0.25) is 0 Å². The van der Waals surface area contributed by atoms with E-state index in [1.54, 1.807) is 36.6 Å². The fourth-order valence-corrected chi connectivity index (χ4v) is 1.17. The predicted molar refractivity (Wildman–Crippen MR) is 74.6 cm³/mol. The van der Waals surface area contributed by atoms with E-state index in [0.29, 0.717) is 5.75 Å². The Morgan fingerprint density at radius 2 is 1.89 bits per heavy atom. The van der Waals surface area contributed by atoms with Crippen LogP contribution in [-0.4, -0.2) is 17.3 Å². The molecule has 18 heavy (non-hydrogen) atoms. The molecule has 0 saturated heterocycles. The average Bonchev–Trinajstić information content (AvgIpc) is 2.42. The van der Waals surface area contributed by atoms with E-state index < -0.39 is 0 Å². The summed E-state index contributed by atoms with van der Waals surface area (Å²) in [6.45, 7) is 5.72. The van der Waals surface area contributed by atoms with Crippen molar-refractivity contribution in [3.63, 3.8) is 0 Å². The van der Waals surface area contributed by atoms with E-state index in [4.69, 9.17) is 14.9 Å². The molecule has 3 heteroatoms. The van der Waals surface area contributed by atoms with Crippen LogP contribution in [0.2, 0.25) is 0 Å². The summed E-state index contributed by atoms with van der Waals surface area (Å²) in [6, 6.07) is 6.60. The molecule has 0 aliphatic rings. The summed E-state index contributed by atoms with van der Waals surface area (Å²) >= 11 is 0. The average molecular weight is 248 g/mol. The lowest BCUT2D eigenvalue weighted by atomic mass is 10.2. The van der Waals surface area contributed by atoms with Crippen molar-refractivity contribution in [3.8, 4) is 11.5 Å². The minimum atomic E-state index is 0.233. The molecule has 0 fully saturated rings. The number of allylic oxidation sites excluding steroid dienone is 4. The maximum absolute atomic E-state index is 9.08. The second-order valence-electron chi connectivity index (χ2n) is 3.25. The van der Waals surface area contributed by atoms with Crippen LogP contribution in [0, 0.1) is 0 Å². The highest BCUT2D eigenvalue weighted by atomic mass is 16.5. The number of aromatic hydroxyl groups is 1. The fourth-order valence-electron chi connectivity index (χ4n) is 1.17. The highest BCUT2D eigenvalue weighted by Gasteiger charge is 1.91. The van der Waals surface area contributed by atoms with Crippen molar-refractivity contribution >= 4 is 0 Å². The molecule has 0 radical (unpaired) electrons. The van der Waals surface area contributed by atoms with E-state index in [0.717, 1.165) is 19.1 Å². The number of hydrogen-bond acceptors (Lipinski definition) is 3. The van der Waals surface area contributed by atoms with Crippen LogP contribution in [-0.2, 0) is 0 Å². The molecule has 2 N–H and O–H groups in total. The molecule has 0 aliphatic carbocycles. The van der Waals surface area contributed by atoms with Gasteiger partial charge in [0, 0.05) is 7.11 Å². The molecule has 3 nitrogen and oxygen atoms in total. The van der Waals surface area contributed by atoms with Crippen molar-refractivity contribution in [2.75, 3.05) is 7.11 Å². The quantitative estimate of drug-likeness (QED) is 0.620. The number of aliphatic hydroxyl groups excluding tert-OH is 1. The van der Waals surface area contributed by atoms with Crippen molar-refractivity contribution in [1.82, 2.24) is 0 Å². The zero-order valence-electron chi connectivity index (χ0n) is 10.8. The lowest BCUT2D eigenvalue weighted by molar-refractivity contribution is 0.399. The molecular weight excluding hydrogens is 228 g/mol. The first-order valence-electron chi connectivity index (χ1n) is 5.64. The summed E-state index contributed by atoms with van der Waals surface area (Å²) in [5.41, 5.74) is 1.15. The van der Waals surface area contributed by atoms with Crippen LogP contribution >= 0.6 is 0 Å². The topological polar surface area (TPSA) is 49.7 Å². The third kappa shape index (κ3) is 6.55. The van der Waals surface area contributed by atoms with Crippen LogP contribution in [0.15, 0.2) is 60.9 Å². The molecule has 0 aromatic heterocycles. The van der Waals surface area contributed by atoms with Crippen LogP contribution in [0.5, 0.6) is 11.5 Å². The van der Waals surface area contributed by atoms with Gasteiger partial charge in [-0.1, -0.05) is 25.7 Å². The molecule has 0 heterocycles. The van der Waals surface area contributed by atoms with Crippen LogP contribution in [0.3, 0.4) is 0 Å². The SMILES string of the molecule is C=C/C=C(\C=C/Oc1ccc(O)cc1)CC.CO. The summed E-state index contributed by atoms with van der Waals surface area (Å²) in [5, 5.41) is 16.1. The third-order valence-electron chi connectivity index (χ3n) is 2.06. The molecule has 0 spiro atoms. The van der Waals surface area contributed by atoms with Crippen molar-refractivity contribution in [1.29, 1.82) is 0 Å². The normalized spacial score (nSPS) is 10.7. The summed E-state index contributed by atoms with van der Waals surface area (Å²) in [4.78, 5) is 0. The van der Waals surface area contributed by atoms with Gasteiger partial charge in [-0.2, -0.15) is 0 Å². The van der Waals surface area contributed by atoms with Crippen molar-refractivity contribution in [3.05, 3.63) is 60.9 Å². The van der Waals surface area contributed by atoms with Gasteiger partial charge in [0.15, 0.2) is 0 Å². The molecule has 1 aromatic rings. The van der Waals surface area contributed by atoms with Crippen molar-refractivity contribution in [2.45, 2.75) is 13.3 Å². The number of rotatable bonds is 5. The Morgan fingerprint density at radius 3 is 2.39 bits per heavy atom. The number of benzene rings is 1. The Morgan fingerprint density at radius 1 is 1.28 bits per heavy atom. The third-order valence-corrected chi connectivity index (χ3v) is 2.06. The summed E-state index contributed by atoms with van der Waals surface area (Å²) in [6.07, 6.45) is 8.15. The van der Waals surface area contributed by atoms with Gasteiger partial charge >= 0.3 is 0 Å². The standard InChI is InChI=1S/C14H16O2.CH4O/c1-3-5-12(4-2)10-11-16-14-8-6-13(15)7-9-14;1-2/h3,5-11,15H,1,4H2,2H3;2H,1H3/b11-10-,12-5-;. The number of aliphatic hydroxyl groups is 1. The molecule has 0 unspecified atom stereocenters. The molecule has 0 atom stereocenters. The molecule has 0 bridgehead atoms. The van der Waals surface area contributed by atoms with Gasteiger partial charge in [-0.3, -0.25) is 0 Å². The van der Waals surface area contributed by atoms with E-state index in [1.807, 2.05) is 12.2 Å². The number of phenolic OH excluding ortho intramolecular Hbond substituents is 1. The van der Waals surface area contributed by atoms with E-state index in [2.05, 4.69) is 13.5 Å². The minimum Gasteiger partial charge on any atom is -0.508 e. The molecule has 1 rings (SSSR count). The van der Waals surface area contributed by atoms with Crippen LogP contribution in [0.25, 0.3) is 0 Å². The first kappa shape index (κ1) is 16.0. The van der Waals surface area contributed by atoms with E-state index in [1.165, 1.54) is 0 Å². The maximum Gasteiger partial charge on any atom is 0.126 e. The Labute approximate surface area is 108 Å². The number of phenols is 1. The van der Waals surface area contributed by atoms with Gasteiger partial charge in [0.05, 0.1) is 6.26 Å². The second kappa shape index (κ2) is 10.2. The largest absolute Gasteiger partial charge is 0.508 e. The molecule has 0 amide bonds. The molecule has 0 aliphatic heterocycles. The first-order chi connectivity index (χ1) is 8.76. The zero-order valence-corrected chi connectivity index (χ0v) is 10.8. The Kier molecular flexibility index (Phi) is 9.04. The van der Waals surface area contributed by atoms with Crippen molar-refractivity contribution < 1.29 is 14.9 Å². The Hall–Kier alpha value is -2.00. The highest BCUT2D eigenvalue weighted by Crippen LogP contribution is 2.16. The van der Waals surface area contributed by atoms with Crippen LogP contribution in [0.4, 0.5) is 0 Å². The minimum absolute atomic E-state index is 0.233. The van der Waals surface area contributed by atoms with Crippen LogP contribution in [0.1, 0.15) is 13.3 Å². The van der Waals surface area contributed by atoms with Gasteiger partial charge in [0.1, 0.15) is 11.5 Å². The lowest BCUT2D eigenvalue weighted by Crippen LogP contribution is -1.82. The monoisotopic (exact) mass is 248 g/mol. The predicted octanol–water partition coefficient (Wildman–Crippen LogP) is 3.42. The van der Waals surface area contributed by atoms with E-state index in [-0.39, 0.29) is 5.75 Å². The lowest BCUT2D eigenvalue weighted by Gasteiger charge is -2.00. The first-order valence-corrected chi connectivity index (χ1v) is 5.64. The van der Waals surface area contributed by atoms with E-state index >= 15 is 0 Å². The summed E-state index contributed by atoms with van der Waals surface area (Å²) in [5.74, 6) is 0.931. The number of hydrogen-bond donors (Lipinski definition) is 2. The Balaban J connectivity index is 0.00000137. The van der Waals surface area contributed by atoms with Gasteiger partial charge < -0.3 is 14.9 Å². The summed E-state index contributed by atoms with van der Waals surface area (Å²) < 4.78 is 5.37. The fraction of sp³-hybridized carbons (Fsp3) is 0.200. The highest BCUT2D eigenvalue weighted by molar-refractivity contribution is 5.31.